The van der Waals surface area contributed by atoms with Crippen LogP contribution in [0.1, 0.15) is 25.3 Å². The van der Waals surface area contributed by atoms with E-state index in [9.17, 15) is 5.11 Å². The van der Waals surface area contributed by atoms with Gasteiger partial charge in [0.05, 0.1) is 5.60 Å². The molecule has 0 aromatic heterocycles. The number of nitrogens with zero attached hydrogens (tertiary/aromatic N) is 1. The van der Waals surface area contributed by atoms with Crippen molar-refractivity contribution >= 4 is 5.69 Å². The lowest BCUT2D eigenvalue weighted by atomic mass is 10.0. The predicted molar refractivity (Wildman–Crippen MR) is 70.3 cm³/mol. The molecule has 1 aliphatic carbocycles. The molecule has 2 heteroatoms. The zero-order valence-electron chi connectivity index (χ0n) is 10.5. The normalized spacial score (nSPS) is 22.2. The summed E-state index contributed by atoms with van der Waals surface area (Å²) in [5.74, 6) is 0. The number of hydrogen-bond acceptors (Lipinski definition) is 2. The van der Waals surface area contributed by atoms with E-state index >= 15 is 0 Å². The van der Waals surface area contributed by atoms with Crippen molar-refractivity contribution in [2.24, 2.45) is 0 Å². The van der Waals surface area contributed by atoms with Gasteiger partial charge in [0.2, 0.25) is 0 Å². The Hall–Kier alpha value is -1.28. The van der Waals surface area contributed by atoms with Crippen LogP contribution >= 0.6 is 0 Å². The van der Waals surface area contributed by atoms with Crippen molar-refractivity contribution in [2.75, 3.05) is 18.0 Å². The molecule has 0 unspecified atom stereocenters. The smallest absolute Gasteiger partial charge is 0.0695 e. The molecule has 0 saturated heterocycles. The summed E-state index contributed by atoms with van der Waals surface area (Å²) < 4.78 is 0. The average Bonchev–Trinajstić information content (AvgIpc) is 2.72. The van der Waals surface area contributed by atoms with Crippen LogP contribution in [-0.4, -0.2) is 23.8 Å². The van der Waals surface area contributed by atoms with Crippen molar-refractivity contribution in [3.63, 3.8) is 0 Å². The number of benzene rings is 1. The van der Waals surface area contributed by atoms with Gasteiger partial charge < -0.3 is 10.0 Å². The summed E-state index contributed by atoms with van der Waals surface area (Å²) in [6, 6.07) is 8.70. The van der Waals surface area contributed by atoms with E-state index in [2.05, 4.69) is 36.1 Å². The minimum absolute atomic E-state index is 0.482. The SMILES string of the molecule is Cc1ccc(N2CC3=C(C2)CC(C)(O)C3)cc1. The molecule has 0 bridgehead atoms. The maximum absolute atomic E-state index is 10.0. The highest BCUT2D eigenvalue weighted by molar-refractivity contribution is 5.54. The molecule has 2 nitrogen and oxygen atoms in total. The highest BCUT2D eigenvalue weighted by Gasteiger charge is 2.37. The Morgan fingerprint density at radius 2 is 1.59 bits per heavy atom. The van der Waals surface area contributed by atoms with Crippen molar-refractivity contribution in [3.8, 4) is 0 Å². The molecule has 2 aliphatic rings. The Bertz CT molecular complexity index is 450. The lowest BCUT2D eigenvalue weighted by Crippen LogP contribution is -2.27. The van der Waals surface area contributed by atoms with Crippen LogP contribution in [0.3, 0.4) is 0 Å². The van der Waals surface area contributed by atoms with Gasteiger partial charge in [0, 0.05) is 18.8 Å². The lowest BCUT2D eigenvalue weighted by Gasteiger charge is -2.24. The van der Waals surface area contributed by atoms with E-state index in [1.165, 1.54) is 22.4 Å². The second kappa shape index (κ2) is 3.61. The second-order valence-corrected chi connectivity index (χ2v) is 5.75. The van der Waals surface area contributed by atoms with Crippen molar-refractivity contribution in [1.29, 1.82) is 0 Å². The van der Waals surface area contributed by atoms with Crippen LogP contribution in [0.4, 0.5) is 5.69 Å². The molecule has 3 rings (SSSR count). The Labute approximate surface area is 103 Å². The van der Waals surface area contributed by atoms with Crippen molar-refractivity contribution in [3.05, 3.63) is 41.0 Å². The third kappa shape index (κ3) is 1.98. The molecule has 1 aromatic rings. The summed E-state index contributed by atoms with van der Waals surface area (Å²) >= 11 is 0. The van der Waals surface area contributed by atoms with E-state index < -0.39 is 5.60 Å². The fourth-order valence-corrected chi connectivity index (χ4v) is 3.02. The first-order chi connectivity index (χ1) is 8.03. The molecule has 0 saturated carbocycles. The average molecular weight is 229 g/mol. The van der Waals surface area contributed by atoms with Gasteiger partial charge in [-0.3, -0.25) is 0 Å². The maximum Gasteiger partial charge on any atom is 0.0695 e. The van der Waals surface area contributed by atoms with Gasteiger partial charge in [-0.25, -0.2) is 0 Å². The topological polar surface area (TPSA) is 23.5 Å². The lowest BCUT2D eigenvalue weighted by molar-refractivity contribution is 0.0701. The molecule has 1 N–H and O–H groups in total. The number of aryl methyl sites for hydroxylation is 1. The molecular weight excluding hydrogens is 210 g/mol. The van der Waals surface area contributed by atoms with Crippen molar-refractivity contribution < 1.29 is 5.11 Å². The Kier molecular flexibility index (Phi) is 2.30. The minimum Gasteiger partial charge on any atom is -0.390 e. The fraction of sp³-hybridized carbons (Fsp3) is 0.467. The number of hydrogen-bond donors (Lipinski definition) is 1. The summed E-state index contributed by atoms with van der Waals surface area (Å²) in [6.07, 6.45) is 1.70. The van der Waals surface area contributed by atoms with Crippen LogP contribution in [0, 0.1) is 6.92 Å². The summed E-state index contributed by atoms with van der Waals surface area (Å²) in [5, 5.41) is 10.0. The molecule has 0 amide bonds. The Balaban J connectivity index is 1.74. The third-order valence-corrected chi connectivity index (χ3v) is 3.85. The highest BCUT2D eigenvalue weighted by atomic mass is 16.3. The van der Waals surface area contributed by atoms with Gasteiger partial charge in [-0.05, 0) is 50.0 Å². The molecular formula is C15H19NO. The van der Waals surface area contributed by atoms with Crippen LogP contribution < -0.4 is 4.90 Å². The molecule has 0 radical (unpaired) electrons. The summed E-state index contributed by atoms with van der Waals surface area (Å²) in [4.78, 5) is 2.40. The van der Waals surface area contributed by atoms with Crippen molar-refractivity contribution in [1.82, 2.24) is 0 Å². The number of rotatable bonds is 1. The van der Waals surface area contributed by atoms with Gasteiger partial charge >= 0.3 is 0 Å². The van der Waals surface area contributed by atoms with E-state index in [4.69, 9.17) is 0 Å². The zero-order valence-corrected chi connectivity index (χ0v) is 10.5. The molecule has 17 heavy (non-hydrogen) atoms. The van der Waals surface area contributed by atoms with Gasteiger partial charge in [0.1, 0.15) is 0 Å². The highest BCUT2D eigenvalue weighted by Crippen LogP contribution is 2.40. The van der Waals surface area contributed by atoms with E-state index in [-0.39, 0.29) is 0 Å². The predicted octanol–water partition coefficient (Wildman–Crippen LogP) is 2.66. The molecule has 1 aromatic carbocycles. The monoisotopic (exact) mass is 229 g/mol. The molecule has 90 valence electrons. The van der Waals surface area contributed by atoms with Gasteiger partial charge in [-0.2, -0.15) is 0 Å². The second-order valence-electron chi connectivity index (χ2n) is 5.75. The van der Waals surface area contributed by atoms with Crippen LogP contribution in [0.15, 0.2) is 35.4 Å². The van der Waals surface area contributed by atoms with E-state index in [1.807, 2.05) is 6.92 Å². The molecule has 0 atom stereocenters. The minimum atomic E-state index is -0.482. The summed E-state index contributed by atoms with van der Waals surface area (Å²) in [6.45, 7) is 6.05. The number of anilines is 1. The molecule has 1 heterocycles. The quantitative estimate of drug-likeness (QED) is 0.748. The van der Waals surface area contributed by atoms with Crippen LogP contribution in [0.5, 0.6) is 0 Å². The van der Waals surface area contributed by atoms with Crippen LogP contribution in [0.2, 0.25) is 0 Å². The van der Waals surface area contributed by atoms with Crippen LogP contribution in [0.25, 0.3) is 0 Å². The first-order valence-electron chi connectivity index (χ1n) is 6.27. The maximum atomic E-state index is 10.0. The van der Waals surface area contributed by atoms with E-state index in [0.29, 0.717) is 0 Å². The standard InChI is InChI=1S/C15H19NO/c1-11-3-5-14(6-4-11)16-9-12-7-15(2,17)8-13(12)10-16/h3-6,17H,7-10H2,1-2H3. The fourth-order valence-electron chi connectivity index (χ4n) is 3.02. The van der Waals surface area contributed by atoms with E-state index in [1.54, 1.807) is 0 Å². The molecule has 1 aliphatic heterocycles. The first-order valence-corrected chi connectivity index (χ1v) is 6.27. The third-order valence-electron chi connectivity index (χ3n) is 3.85. The van der Waals surface area contributed by atoms with Gasteiger partial charge in [0.15, 0.2) is 0 Å². The van der Waals surface area contributed by atoms with Gasteiger partial charge in [-0.15, -0.1) is 0 Å². The Morgan fingerprint density at radius 1 is 1.06 bits per heavy atom. The zero-order chi connectivity index (χ0) is 12.0. The summed E-state index contributed by atoms with van der Waals surface area (Å²) in [5.41, 5.74) is 5.02. The van der Waals surface area contributed by atoms with Gasteiger partial charge in [0.25, 0.3) is 0 Å². The Morgan fingerprint density at radius 3 is 2.12 bits per heavy atom. The van der Waals surface area contributed by atoms with Gasteiger partial charge in [-0.1, -0.05) is 17.7 Å². The first kappa shape index (κ1) is 10.8. The molecule has 0 spiro atoms. The molecule has 0 fully saturated rings. The van der Waals surface area contributed by atoms with Crippen LogP contribution in [-0.2, 0) is 0 Å². The van der Waals surface area contributed by atoms with E-state index in [0.717, 1.165) is 25.9 Å². The largest absolute Gasteiger partial charge is 0.390 e. The van der Waals surface area contributed by atoms with Crippen molar-refractivity contribution in [2.45, 2.75) is 32.3 Å². The summed E-state index contributed by atoms with van der Waals surface area (Å²) in [7, 11) is 0. The number of aliphatic hydroxyl groups is 1.